The van der Waals surface area contributed by atoms with Crippen molar-refractivity contribution >= 4 is 11.6 Å². The molecule has 0 aromatic heterocycles. The maximum atomic E-state index is 12.6. The number of hydrogen-bond donors (Lipinski definition) is 0. The summed E-state index contributed by atoms with van der Waals surface area (Å²) in [7, 11) is 0. The number of ketones is 2. The molecule has 2 aromatic rings. The second-order valence-corrected chi connectivity index (χ2v) is 5.65. The summed E-state index contributed by atoms with van der Waals surface area (Å²) in [6.45, 7) is 1.55. The lowest BCUT2D eigenvalue weighted by molar-refractivity contribution is -0.119. The zero-order valence-corrected chi connectivity index (χ0v) is 12.1. The highest BCUT2D eigenvalue weighted by Crippen LogP contribution is 2.34. The summed E-state index contributed by atoms with van der Waals surface area (Å²) >= 11 is 0. The van der Waals surface area contributed by atoms with E-state index in [1.165, 1.54) is 11.1 Å². The van der Waals surface area contributed by atoms with Crippen molar-refractivity contribution < 1.29 is 9.59 Å². The van der Waals surface area contributed by atoms with Gasteiger partial charge >= 0.3 is 0 Å². The highest BCUT2D eigenvalue weighted by atomic mass is 16.1. The first-order chi connectivity index (χ1) is 10.2. The molecule has 0 saturated heterocycles. The number of fused-ring (bicyclic) bond motifs is 1. The first kappa shape index (κ1) is 13.7. The molecule has 1 unspecified atom stereocenters. The Labute approximate surface area is 124 Å². The van der Waals surface area contributed by atoms with Gasteiger partial charge in [-0.15, -0.1) is 0 Å². The van der Waals surface area contributed by atoms with Crippen molar-refractivity contribution in [2.75, 3.05) is 0 Å². The number of hydrogen-bond acceptors (Lipinski definition) is 2. The van der Waals surface area contributed by atoms with Gasteiger partial charge in [-0.2, -0.15) is 0 Å². The Kier molecular flexibility index (Phi) is 3.70. The second kappa shape index (κ2) is 5.65. The Hall–Kier alpha value is -2.22. The van der Waals surface area contributed by atoms with Gasteiger partial charge in [0.2, 0.25) is 0 Å². The van der Waals surface area contributed by atoms with Crippen LogP contribution in [0.1, 0.15) is 46.3 Å². The van der Waals surface area contributed by atoms with E-state index in [1.807, 2.05) is 30.3 Å². The maximum Gasteiger partial charge on any atom is 0.160 e. The van der Waals surface area contributed by atoms with Gasteiger partial charge in [0.25, 0.3) is 0 Å². The Morgan fingerprint density at radius 2 is 1.76 bits per heavy atom. The van der Waals surface area contributed by atoms with E-state index in [0.717, 1.165) is 18.4 Å². The third kappa shape index (κ3) is 2.66. The summed E-state index contributed by atoms with van der Waals surface area (Å²) in [6.07, 6.45) is 2.20. The molecule has 0 fully saturated rings. The summed E-state index contributed by atoms with van der Waals surface area (Å²) in [6, 6.07) is 15.6. The van der Waals surface area contributed by atoms with Crippen molar-refractivity contribution in [3.8, 4) is 0 Å². The fourth-order valence-electron chi connectivity index (χ4n) is 3.22. The van der Waals surface area contributed by atoms with Crippen LogP contribution in [-0.2, 0) is 17.6 Å². The molecular formula is C19H18O2. The molecule has 21 heavy (non-hydrogen) atoms. The van der Waals surface area contributed by atoms with Crippen molar-refractivity contribution in [3.05, 3.63) is 70.8 Å². The van der Waals surface area contributed by atoms with E-state index < -0.39 is 0 Å². The van der Waals surface area contributed by atoms with Crippen LogP contribution in [0.5, 0.6) is 0 Å². The van der Waals surface area contributed by atoms with E-state index in [1.54, 1.807) is 13.0 Å². The molecule has 0 N–H and O–H groups in total. The van der Waals surface area contributed by atoms with Gasteiger partial charge in [0.15, 0.2) is 5.78 Å². The number of carbonyl (C=O) groups is 2. The quantitative estimate of drug-likeness (QED) is 0.799. The molecule has 0 radical (unpaired) electrons. The number of rotatable bonds is 4. The zero-order valence-electron chi connectivity index (χ0n) is 12.1. The first-order valence-corrected chi connectivity index (χ1v) is 7.36. The van der Waals surface area contributed by atoms with Crippen molar-refractivity contribution in [3.63, 3.8) is 0 Å². The molecule has 2 heteroatoms. The van der Waals surface area contributed by atoms with Crippen LogP contribution in [0.4, 0.5) is 0 Å². The molecule has 0 spiro atoms. The summed E-state index contributed by atoms with van der Waals surface area (Å²) in [5, 5.41) is 0. The Balaban J connectivity index is 1.84. The van der Waals surface area contributed by atoms with Crippen LogP contribution in [0.25, 0.3) is 0 Å². The van der Waals surface area contributed by atoms with Gasteiger partial charge in [0.1, 0.15) is 5.78 Å². The minimum atomic E-state index is -0.0128. The Bertz CT molecular complexity index is 700. The van der Waals surface area contributed by atoms with Gasteiger partial charge in [0, 0.05) is 17.9 Å². The van der Waals surface area contributed by atoms with Gasteiger partial charge in [-0.1, -0.05) is 48.5 Å². The van der Waals surface area contributed by atoms with E-state index in [4.69, 9.17) is 0 Å². The topological polar surface area (TPSA) is 34.1 Å². The second-order valence-electron chi connectivity index (χ2n) is 5.65. The van der Waals surface area contributed by atoms with E-state index in [9.17, 15) is 9.59 Å². The van der Waals surface area contributed by atoms with Gasteiger partial charge in [-0.25, -0.2) is 0 Å². The molecule has 0 aliphatic heterocycles. The Morgan fingerprint density at radius 1 is 1.05 bits per heavy atom. The molecule has 2 nitrogen and oxygen atoms in total. The largest absolute Gasteiger partial charge is 0.299 e. The molecule has 0 bridgehead atoms. The zero-order chi connectivity index (χ0) is 14.8. The molecule has 0 heterocycles. The summed E-state index contributed by atoms with van der Waals surface area (Å²) in [5.74, 6) is 0.222. The number of carbonyl (C=O) groups excluding carboxylic acids is 2. The number of benzene rings is 2. The summed E-state index contributed by atoms with van der Waals surface area (Å²) < 4.78 is 0. The highest BCUT2D eigenvalue weighted by Gasteiger charge is 2.28. The monoisotopic (exact) mass is 278 g/mol. The average molecular weight is 278 g/mol. The lowest BCUT2D eigenvalue weighted by atomic mass is 9.90. The molecule has 2 aromatic carbocycles. The predicted octanol–water partition coefficient (Wildman–Crippen LogP) is 3.73. The molecule has 106 valence electrons. The molecule has 0 saturated carbocycles. The lowest BCUT2D eigenvalue weighted by Crippen LogP contribution is -2.14. The van der Waals surface area contributed by atoms with Crippen LogP contribution in [0.15, 0.2) is 48.5 Å². The van der Waals surface area contributed by atoms with Gasteiger partial charge in [0.05, 0.1) is 0 Å². The minimum absolute atomic E-state index is 0.0128. The van der Waals surface area contributed by atoms with Crippen LogP contribution in [0, 0.1) is 0 Å². The van der Waals surface area contributed by atoms with E-state index in [0.29, 0.717) is 12.0 Å². The van der Waals surface area contributed by atoms with Gasteiger partial charge in [-0.3, -0.25) is 9.59 Å². The lowest BCUT2D eigenvalue weighted by Gasteiger charge is -2.12. The van der Waals surface area contributed by atoms with Crippen LogP contribution in [0.3, 0.4) is 0 Å². The smallest absolute Gasteiger partial charge is 0.160 e. The highest BCUT2D eigenvalue weighted by molar-refractivity contribution is 5.98. The van der Waals surface area contributed by atoms with Crippen LogP contribution >= 0.6 is 0 Å². The van der Waals surface area contributed by atoms with E-state index >= 15 is 0 Å². The number of aryl methyl sites for hydroxylation is 1. The minimum Gasteiger partial charge on any atom is -0.299 e. The fourth-order valence-corrected chi connectivity index (χ4v) is 3.22. The van der Waals surface area contributed by atoms with Crippen molar-refractivity contribution in [1.29, 1.82) is 0 Å². The van der Waals surface area contributed by atoms with Crippen molar-refractivity contribution in [2.45, 2.75) is 32.1 Å². The normalized spacial score (nSPS) is 16.5. The molecular weight excluding hydrogens is 260 g/mol. The van der Waals surface area contributed by atoms with Crippen LogP contribution in [-0.4, -0.2) is 11.6 Å². The summed E-state index contributed by atoms with van der Waals surface area (Å²) in [5.41, 5.74) is 3.97. The van der Waals surface area contributed by atoms with Crippen molar-refractivity contribution in [2.24, 2.45) is 0 Å². The summed E-state index contributed by atoms with van der Waals surface area (Å²) in [4.78, 5) is 24.3. The Morgan fingerprint density at radius 3 is 2.57 bits per heavy atom. The average Bonchev–Trinajstić information content (AvgIpc) is 2.91. The first-order valence-electron chi connectivity index (χ1n) is 7.36. The third-order valence-electron chi connectivity index (χ3n) is 4.28. The van der Waals surface area contributed by atoms with E-state index in [-0.39, 0.29) is 17.5 Å². The van der Waals surface area contributed by atoms with E-state index in [2.05, 4.69) is 12.1 Å². The van der Waals surface area contributed by atoms with Gasteiger partial charge in [-0.05, 0) is 36.5 Å². The molecule has 3 rings (SSSR count). The predicted molar refractivity (Wildman–Crippen MR) is 82.7 cm³/mol. The van der Waals surface area contributed by atoms with Crippen LogP contribution in [0.2, 0.25) is 0 Å². The molecule has 1 atom stereocenters. The maximum absolute atomic E-state index is 12.6. The molecule has 1 aliphatic carbocycles. The van der Waals surface area contributed by atoms with Crippen LogP contribution < -0.4 is 0 Å². The van der Waals surface area contributed by atoms with Gasteiger partial charge < -0.3 is 0 Å². The van der Waals surface area contributed by atoms with Crippen molar-refractivity contribution in [1.82, 2.24) is 0 Å². The third-order valence-corrected chi connectivity index (χ3v) is 4.28. The fraction of sp³-hybridized carbons (Fsp3) is 0.263. The number of Topliss-reactive ketones (excluding diaryl/α,β-unsaturated/α-hetero) is 2. The standard InChI is InChI=1S/C19H18O2/c1-13(20)16-8-4-3-7-15(16)12-19(21)18-11-10-14-6-2-5-9-17(14)18/h2-9,18H,10-12H2,1H3. The SMILES string of the molecule is CC(=O)c1ccccc1CC(=O)C1CCc2ccccc21. The molecule has 1 aliphatic rings. The molecule has 0 amide bonds.